The standard InChI is InChI=1S/C21H18ClN3O2S/c1-14-3-2-10-25-12-16(24-20(14)25)13-27-17-6-4-15(5-7-17)21(26)23-11-18-8-9-19(22)28-18/h2-10,12H,11,13H2,1H3,(H,23,26). The first-order chi connectivity index (χ1) is 13.6. The van der Waals surface area contributed by atoms with Crippen LogP contribution in [0.2, 0.25) is 4.34 Å². The molecule has 0 saturated heterocycles. The number of pyridine rings is 1. The third-order valence-electron chi connectivity index (χ3n) is 4.28. The lowest BCUT2D eigenvalue weighted by Crippen LogP contribution is -2.22. The van der Waals surface area contributed by atoms with E-state index in [0.717, 1.165) is 21.8 Å². The van der Waals surface area contributed by atoms with E-state index in [1.807, 2.05) is 48.0 Å². The maximum absolute atomic E-state index is 12.3. The Bertz CT molecular complexity index is 1120. The van der Waals surface area contributed by atoms with Crippen LogP contribution in [0.3, 0.4) is 0 Å². The molecule has 7 heteroatoms. The maximum atomic E-state index is 12.3. The highest BCUT2D eigenvalue weighted by molar-refractivity contribution is 7.16. The molecule has 5 nitrogen and oxygen atoms in total. The van der Waals surface area contributed by atoms with Crippen LogP contribution in [0.15, 0.2) is 60.9 Å². The van der Waals surface area contributed by atoms with Crippen molar-refractivity contribution in [1.82, 2.24) is 14.7 Å². The summed E-state index contributed by atoms with van der Waals surface area (Å²) in [4.78, 5) is 17.9. The van der Waals surface area contributed by atoms with Crippen molar-refractivity contribution in [3.63, 3.8) is 0 Å². The third kappa shape index (κ3) is 4.18. The van der Waals surface area contributed by atoms with Crippen molar-refractivity contribution in [2.45, 2.75) is 20.1 Å². The molecule has 4 rings (SSSR count). The zero-order valence-electron chi connectivity index (χ0n) is 15.2. The quantitative estimate of drug-likeness (QED) is 0.492. The number of nitrogens with zero attached hydrogens (tertiary/aromatic N) is 2. The largest absolute Gasteiger partial charge is 0.487 e. The number of hydrogen-bond donors (Lipinski definition) is 1. The van der Waals surface area contributed by atoms with E-state index < -0.39 is 0 Å². The van der Waals surface area contributed by atoms with Crippen LogP contribution in [0.25, 0.3) is 5.65 Å². The average molecular weight is 412 g/mol. The highest BCUT2D eigenvalue weighted by Crippen LogP contribution is 2.21. The van der Waals surface area contributed by atoms with E-state index in [9.17, 15) is 4.79 Å². The minimum atomic E-state index is -0.133. The minimum absolute atomic E-state index is 0.133. The van der Waals surface area contributed by atoms with Gasteiger partial charge in [-0.1, -0.05) is 17.7 Å². The van der Waals surface area contributed by atoms with Crippen molar-refractivity contribution >= 4 is 34.5 Å². The van der Waals surface area contributed by atoms with E-state index in [4.69, 9.17) is 16.3 Å². The van der Waals surface area contributed by atoms with Crippen LogP contribution in [0.4, 0.5) is 0 Å². The van der Waals surface area contributed by atoms with Gasteiger partial charge in [-0.25, -0.2) is 4.98 Å². The number of fused-ring (bicyclic) bond motifs is 1. The Labute approximate surface area is 171 Å². The molecule has 28 heavy (non-hydrogen) atoms. The Balaban J connectivity index is 1.34. The second kappa shape index (κ2) is 8.04. The Kier molecular flexibility index (Phi) is 5.32. The zero-order valence-corrected chi connectivity index (χ0v) is 16.8. The first-order valence-electron chi connectivity index (χ1n) is 8.77. The van der Waals surface area contributed by atoms with Crippen LogP contribution in [0.5, 0.6) is 5.75 Å². The molecule has 0 radical (unpaired) electrons. The molecule has 0 spiro atoms. The number of ether oxygens (including phenoxy) is 1. The van der Waals surface area contributed by atoms with Crippen LogP contribution in [-0.4, -0.2) is 15.3 Å². The summed E-state index contributed by atoms with van der Waals surface area (Å²) < 4.78 is 8.51. The lowest BCUT2D eigenvalue weighted by Gasteiger charge is -2.06. The first kappa shape index (κ1) is 18.5. The number of halogens is 1. The van der Waals surface area contributed by atoms with Gasteiger partial charge in [0, 0.05) is 22.8 Å². The summed E-state index contributed by atoms with van der Waals surface area (Å²) in [5.74, 6) is 0.558. The number of rotatable bonds is 6. The number of aromatic nitrogens is 2. The smallest absolute Gasteiger partial charge is 0.251 e. The molecule has 0 fully saturated rings. The number of amides is 1. The summed E-state index contributed by atoms with van der Waals surface area (Å²) in [5.41, 5.74) is 3.48. The van der Waals surface area contributed by atoms with Gasteiger partial charge < -0.3 is 14.5 Å². The van der Waals surface area contributed by atoms with Crippen LogP contribution >= 0.6 is 22.9 Å². The maximum Gasteiger partial charge on any atom is 0.251 e. The number of benzene rings is 1. The molecule has 3 aromatic heterocycles. The molecule has 0 aliphatic carbocycles. The number of aryl methyl sites for hydroxylation is 1. The van der Waals surface area contributed by atoms with Crippen molar-refractivity contribution in [1.29, 1.82) is 0 Å². The summed E-state index contributed by atoms with van der Waals surface area (Å²) in [5, 5.41) is 2.89. The fraction of sp³-hybridized carbons (Fsp3) is 0.143. The van der Waals surface area contributed by atoms with Gasteiger partial charge in [-0.2, -0.15) is 0 Å². The second-order valence-corrected chi connectivity index (χ2v) is 8.16. The second-order valence-electron chi connectivity index (χ2n) is 6.36. The Morgan fingerprint density at radius 1 is 1.21 bits per heavy atom. The van der Waals surface area contributed by atoms with Gasteiger partial charge >= 0.3 is 0 Å². The molecule has 142 valence electrons. The van der Waals surface area contributed by atoms with Crippen molar-refractivity contribution in [2.24, 2.45) is 0 Å². The molecule has 0 saturated carbocycles. The summed E-state index contributed by atoms with van der Waals surface area (Å²) in [6.07, 6.45) is 3.93. The van der Waals surface area contributed by atoms with Gasteiger partial charge in [-0.3, -0.25) is 4.79 Å². The third-order valence-corrected chi connectivity index (χ3v) is 5.51. The topological polar surface area (TPSA) is 55.6 Å². The minimum Gasteiger partial charge on any atom is -0.487 e. The molecule has 1 N–H and O–H groups in total. The molecule has 0 atom stereocenters. The van der Waals surface area contributed by atoms with Crippen molar-refractivity contribution < 1.29 is 9.53 Å². The molecule has 0 aliphatic heterocycles. The summed E-state index contributed by atoms with van der Waals surface area (Å²) in [6.45, 7) is 2.86. The Morgan fingerprint density at radius 2 is 2.04 bits per heavy atom. The molecule has 1 amide bonds. The lowest BCUT2D eigenvalue weighted by atomic mass is 10.2. The fourth-order valence-electron chi connectivity index (χ4n) is 2.85. The predicted octanol–water partition coefficient (Wildman–Crippen LogP) is 4.87. The van der Waals surface area contributed by atoms with E-state index in [1.165, 1.54) is 11.3 Å². The zero-order chi connectivity index (χ0) is 19.5. The molecule has 0 aliphatic rings. The van der Waals surface area contributed by atoms with E-state index in [0.29, 0.717) is 28.8 Å². The predicted molar refractivity (Wildman–Crippen MR) is 111 cm³/mol. The van der Waals surface area contributed by atoms with Gasteiger partial charge in [-0.05, 0) is 55.0 Å². The molecular formula is C21H18ClN3O2S. The van der Waals surface area contributed by atoms with Crippen molar-refractivity contribution in [2.75, 3.05) is 0 Å². The normalized spacial score (nSPS) is 10.9. The van der Waals surface area contributed by atoms with E-state index >= 15 is 0 Å². The molecule has 0 bridgehead atoms. The van der Waals surface area contributed by atoms with E-state index in [-0.39, 0.29) is 5.91 Å². The number of carbonyl (C=O) groups is 1. The number of carbonyl (C=O) groups excluding carboxylic acids is 1. The SMILES string of the molecule is Cc1cccn2cc(COc3ccc(C(=O)NCc4ccc(Cl)s4)cc3)nc12. The Hall–Kier alpha value is -2.83. The van der Waals surface area contributed by atoms with Crippen molar-refractivity contribution in [3.05, 3.63) is 87.0 Å². The summed E-state index contributed by atoms with van der Waals surface area (Å²) in [7, 11) is 0. The molecule has 4 aromatic rings. The van der Waals surface area contributed by atoms with Crippen LogP contribution < -0.4 is 10.1 Å². The van der Waals surface area contributed by atoms with Gasteiger partial charge in [0.2, 0.25) is 0 Å². The van der Waals surface area contributed by atoms with Crippen LogP contribution in [0.1, 0.15) is 26.5 Å². The monoisotopic (exact) mass is 411 g/mol. The average Bonchev–Trinajstić information content (AvgIpc) is 3.31. The molecule has 3 heterocycles. The highest BCUT2D eigenvalue weighted by atomic mass is 35.5. The van der Waals surface area contributed by atoms with Gasteiger partial charge in [0.15, 0.2) is 0 Å². The van der Waals surface area contributed by atoms with Crippen LogP contribution in [0, 0.1) is 6.92 Å². The number of thiophene rings is 1. The van der Waals surface area contributed by atoms with Gasteiger partial charge in [0.1, 0.15) is 18.0 Å². The Morgan fingerprint density at radius 3 is 2.75 bits per heavy atom. The summed E-state index contributed by atoms with van der Waals surface area (Å²) in [6, 6.07) is 14.8. The van der Waals surface area contributed by atoms with E-state index in [1.54, 1.807) is 24.3 Å². The highest BCUT2D eigenvalue weighted by Gasteiger charge is 2.08. The number of imidazole rings is 1. The summed E-state index contributed by atoms with van der Waals surface area (Å²) >= 11 is 7.36. The molecular weight excluding hydrogens is 394 g/mol. The molecule has 0 unspecified atom stereocenters. The van der Waals surface area contributed by atoms with Crippen molar-refractivity contribution in [3.8, 4) is 5.75 Å². The van der Waals surface area contributed by atoms with E-state index in [2.05, 4.69) is 10.3 Å². The number of hydrogen-bond acceptors (Lipinski definition) is 4. The first-order valence-corrected chi connectivity index (χ1v) is 9.96. The van der Waals surface area contributed by atoms with Crippen LogP contribution in [-0.2, 0) is 13.2 Å². The molecule has 1 aromatic carbocycles. The van der Waals surface area contributed by atoms with Gasteiger partial charge in [0.05, 0.1) is 16.6 Å². The van der Waals surface area contributed by atoms with Gasteiger partial charge in [0.25, 0.3) is 5.91 Å². The fourth-order valence-corrected chi connectivity index (χ4v) is 3.88. The van der Waals surface area contributed by atoms with Gasteiger partial charge in [-0.15, -0.1) is 11.3 Å². The number of nitrogens with one attached hydrogen (secondary N) is 1. The lowest BCUT2D eigenvalue weighted by molar-refractivity contribution is 0.0951.